The van der Waals surface area contributed by atoms with Crippen LogP contribution in [0.5, 0.6) is 0 Å². The first-order chi connectivity index (χ1) is 13.7. The second-order valence-corrected chi connectivity index (χ2v) is 9.53. The normalized spacial score (nSPS) is 18.9. The lowest BCUT2D eigenvalue weighted by molar-refractivity contribution is -0.133. The number of alkyl carbamates (subject to hydrolysis) is 1. The van der Waals surface area contributed by atoms with Crippen molar-refractivity contribution in [2.24, 2.45) is 11.8 Å². The van der Waals surface area contributed by atoms with Gasteiger partial charge in [-0.05, 0) is 51.9 Å². The number of piperidine rings is 1. The molecule has 0 aromatic carbocycles. The molecule has 2 N–H and O–H groups in total. The van der Waals surface area contributed by atoms with Gasteiger partial charge in [-0.3, -0.25) is 9.59 Å². The summed E-state index contributed by atoms with van der Waals surface area (Å²) in [5.41, 5.74) is -0.581. The second-order valence-electron chi connectivity index (χ2n) is 9.53. The summed E-state index contributed by atoms with van der Waals surface area (Å²) in [6.45, 7) is 7.38. The SMILES string of the molecule is CC(C)(C)OC(=O)NCC(=O)NCC1CCN(C(=O)CCC2CCCCC2)CC1. The van der Waals surface area contributed by atoms with Crippen molar-refractivity contribution in [3.63, 3.8) is 0 Å². The maximum absolute atomic E-state index is 12.5. The quantitative estimate of drug-likeness (QED) is 0.676. The van der Waals surface area contributed by atoms with Crippen LogP contribution >= 0.6 is 0 Å². The van der Waals surface area contributed by atoms with Crippen LogP contribution < -0.4 is 10.6 Å². The van der Waals surface area contributed by atoms with Crippen LogP contribution in [0.1, 0.15) is 78.6 Å². The highest BCUT2D eigenvalue weighted by Crippen LogP contribution is 2.28. The Morgan fingerprint density at radius 3 is 2.21 bits per heavy atom. The Bertz CT molecular complexity index is 545. The van der Waals surface area contributed by atoms with Crippen molar-refractivity contribution in [2.75, 3.05) is 26.2 Å². The van der Waals surface area contributed by atoms with Crippen LogP contribution in [-0.4, -0.2) is 54.6 Å². The first kappa shape index (κ1) is 23.5. The van der Waals surface area contributed by atoms with Crippen molar-refractivity contribution in [1.29, 1.82) is 0 Å². The Morgan fingerprint density at radius 1 is 0.931 bits per heavy atom. The molecule has 2 fully saturated rings. The van der Waals surface area contributed by atoms with Crippen LogP contribution in [0.3, 0.4) is 0 Å². The van der Waals surface area contributed by atoms with Gasteiger partial charge in [0.15, 0.2) is 0 Å². The summed E-state index contributed by atoms with van der Waals surface area (Å²) in [5.74, 6) is 1.19. The van der Waals surface area contributed by atoms with E-state index in [1.807, 2.05) is 4.90 Å². The Balaban J connectivity index is 1.56. The molecule has 0 aromatic heterocycles. The summed E-state index contributed by atoms with van der Waals surface area (Å²) < 4.78 is 5.11. The van der Waals surface area contributed by atoms with Crippen LogP contribution in [0.15, 0.2) is 0 Å². The third-order valence-corrected chi connectivity index (χ3v) is 5.84. The number of nitrogens with zero attached hydrogens (tertiary/aromatic N) is 1. The minimum atomic E-state index is -0.590. The van der Waals surface area contributed by atoms with Gasteiger partial charge in [-0.15, -0.1) is 0 Å². The lowest BCUT2D eigenvalue weighted by Gasteiger charge is -2.32. The number of rotatable bonds is 7. The van der Waals surface area contributed by atoms with Gasteiger partial charge in [0.05, 0.1) is 6.54 Å². The van der Waals surface area contributed by atoms with E-state index in [0.717, 1.165) is 38.3 Å². The smallest absolute Gasteiger partial charge is 0.408 e. The molecule has 0 spiro atoms. The van der Waals surface area contributed by atoms with Crippen LogP contribution in [0, 0.1) is 11.8 Å². The second kappa shape index (κ2) is 11.4. The standard InChI is InChI=1S/C22H39N3O4/c1-22(2,3)29-21(28)24-16-19(26)23-15-18-11-13-25(14-12-18)20(27)10-9-17-7-5-4-6-8-17/h17-18H,4-16H2,1-3H3,(H,23,26)(H,24,28). The molecule has 1 saturated heterocycles. The number of amides is 3. The molecule has 0 unspecified atom stereocenters. The summed E-state index contributed by atoms with van der Waals surface area (Å²) in [5, 5.41) is 5.33. The van der Waals surface area contributed by atoms with Gasteiger partial charge in [-0.25, -0.2) is 4.79 Å². The molecule has 3 amide bonds. The van der Waals surface area contributed by atoms with Gasteiger partial charge in [0.2, 0.25) is 11.8 Å². The molecule has 7 heteroatoms. The first-order valence-corrected chi connectivity index (χ1v) is 11.2. The zero-order chi connectivity index (χ0) is 21.3. The maximum Gasteiger partial charge on any atom is 0.408 e. The molecule has 29 heavy (non-hydrogen) atoms. The number of likely N-dealkylation sites (tertiary alicyclic amines) is 1. The Labute approximate surface area is 175 Å². The van der Waals surface area contributed by atoms with Crippen molar-refractivity contribution < 1.29 is 19.1 Å². The average Bonchev–Trinajstić information content (AvgIpc) is 2.69. The number of ether oxygens (including phenoxy) is 1. The average molecular weight is 410 g/mol. The molecule has 0 aromatic rings. The van der Waals surface area contributed by atoms with Gasteiger partial charge in [0.1, 0.15) is 5.60 Å². The predicted octanol–water partition coefficient (Wildman–Crippen LogP) is 3.23. The highest BCUT2D eigenvalue weighted by atomic mass is 16.6. The first-order valence-electron chi connectivity index (χ1n) is 11.2. The molecule has 1 saturated carbocycles. The fourth-order valence-electron chi connectivity index (χ4n) is 4.14. The molecule has 0 atom stereocenters. The van der Waals surface area contributed by atoms with E-state index in [4.69, 9.17) is 4.74 Å². The number of nitrogens with one attached hydrogen (secondary N) is 2. The highest BCUT2D eigenvalue weighted by molar-refractivity contribution is 5.82. The minimum Gasteiger partial charge on any atom is -0.444 e. The molecule has 2 rings (SSSR count). The molecule has 2 aliphatic rings. The van der Waals surface area contributed by atoms with E-state index < -0.39 is 11.7 Å². The maximum atomic E-state index is 12.5. The topological polar surface area (TPSA) is 87.7 Å². The largest absolute Gasteiger partial charge is 0.444 e. The van der Waals surface area contributed by atoms with Crippen molar-refractivity contribution in [2.45, 2.75) is 84.2 Å². The molecule has 7 nitrogen and oxygen atoms in total. The summed E-state index contributed by atoms with van der Waals surface area (Å²) in [4.78, 5) is 37.9. The van der Waals surface area contributed by atoms with Crippen LogP contribution in [0.4, 0.5) is 4.79 Å². The van der Waals surface area contributed by atoms with E-state index in [2.05, 4.69) is 10.6 Å². The predicted molar refractivity (Wildman–Crippen MR) is 112 cm³/mol. The molecule has 0 bridgehead atoms. The van der Waals surface area contributed by atoms with Gasteiger partial charge in [0, 0.05) is 26.1 Å². The molecule has 166 valence electrons. The van der Waals surface area contributed by atoms with Crippen molar-refractivity contribution in [3.8, 4) is 0 Å². The van der Waals surface area contributed by atoms with Crippen molar-refractivity contribution in [1.82, 2.24) is 15.5 Å². The van der Waals surface area contributed by atoms with E-state index in [1.165, 1.54) is 32.1 Å². The number of hydrogen-bond donors (Lipinski definition) is 2. The third-order valence-electron chi connectivity index (χ3n) is 5.84. The van der Waals surface area contributed by atoms with E-state index in [-0.39, 0.29) is 12.5 Å². The highest BCUT2D eigenvalue weighted by Gasteiger charge is 2.24. The van der Waals surface area contributed by atoms with Crippen molar-refractivity contribution in [3.05, 3.63) is 0 Å². The van der Waals surface area contributed by atoms with E-state index >= 15 is 0 Å². The molecular formula is C22H39N3O4. The zero-order valence-corrected chi connectivity index (χ0v) is 18.4. The Hall–Kier alpha value is -1.79. The third kappa shape index (κ3) is 9.50. The summed E-state index contributed by atoms with van der Waals surface area (Å²) in [7, 11) is 0. The lowest BCUT2D eigenvalue weighted by atomic mass is 9.86. The van der Waals surface area contributed by atoms with Crippen molar-refractivity contribution >= 4 is 17.9 Å². The number of hydrogen-bond acceptors (Lipinski definition) is 4. The van der Waals surface area contributed by atoms with Crippen LogP contribution in [-0.2, 0) is 14.3 Å². The summed E-state index contributed by atoms with van der Waals surface area (Å²) in [6, 6.07) is 0. The fraction of sp³-hybridized carbons (Fsp3) is 0.864. The Kier molecular flexibility index (Phi) is 9.24. The number of carbonyl (C=O) groups excluding carboxylic acids is 3. The van der Waals surface area contributed by atoms with Gasteiger partial charge >= 0.3 is 6.09 Å². The van der Waals surface area contributed by atoms with E-state index in [0.29, 0.717) is 24.8 Å². The zero-order valence-electron chi connectivity index (χ0n) is 18.4. The lowest BCUT2D eigenvalue weighted by Crippen LogP contribution is -2.44. The van der Waals surface area contributed by atoms with Crippen LogP contribution in [0.25, 0.3) is 0 Å². The van der Waals surface area contributed by atoms with Gasteiger partial charge in [0.25, 0.3) is 0 Å². The molecule has 1 aliphatic heterocycles. The Morgan fingerprint density at radius 2 is 1.59 bits per heavy atom. The monoisotopic (exact) mass is 409 g/mol. The van der Waals surface area contributed by atoms with Crippen LogP contribution in [0.2, 0.25) is 0 Å². The molecule has 0 radical (unpaired) electrons. The molecule has 1 heterocycles. The van der Waals surface area contributed by atoms with Gasteiger partial charge in [-0.1, -0.05) is 32.1 Å². The molecule has 1 aliphatic carbocycles. The van der Waals surface area contributed by atoms with E-state index in [9.17, 15) is 14.4 Å². The van der Waals surface area contributed by atoms with Gasteiger partial charge in [-0.2, -0.15) is 0 Å². The van der Waals surface area contributed by atoms with E-state index in [1.54, 1.807) is 20.8 Å². The minimum absolute atomic E-state index is 0.0899. The van der Waals surface area contributed by atoms with Gasteiger partial charge < -0.3 is 20.3 Å². The fourth-order valence-corrected chi connectivity index (χ4v) is 4.14. The summed E-state index contributed by atoms with van der Waals surface area (Å²) in [6.07, 6.45) is 9.53. The number of carbonyl (C=O) groups is 3. The molecular weight excluding hydrogens is 370 g/mol. The summed E-state index contributed by atoms with van der Waals surface area (Å²) >= 11 is 0.